The molecule has 3 aromatic rings. The number of benzene rings is 3. The summed E-state index contributed by atoms with van der Waals surface area (Å²) in [5.41, 5.74) is 9.07. The van der Waals surface area contributed by atoms with Gasteiger partial charge in [-0.25, -0.2) is 4.39 Å². The molecule has 0 aliphatic heterocycles. The van der Waals surface area contributed by atoms with Crippen molar-refractivity contribution in [3.63, 3.8) is 0 Å². The van der Waals surface area contributed by atoms with Gasteiger partial charge in [0.2, 0.25) is 0 Å². The van der Waals surface area contributed by atoms with Gasteiger partial charge in [-0.05, 0) is 53.9 Å². The molecule has 0 radical (unpaired) electrons. The fourth-order valence-corrected chi connectivity index (χ4v) is 3.39. The number of phenols is 1. The molecule has 0 aromatic heterocycles. The Labute approximate surface area is 165 Å². The first-order valence-electron chi connectivity index (χ1n) is 7.89. The van der Waals surface area contributed by atoms with Crippen molar-refractivity contribution in [2.75, 3.05) is 0 Å². The van der Waals surface area contributed by atoms with Gasteiger partial charge in [-0.15, -0.1) is 0 Å². The molecule has 0 unspecified atom stereocenters. The first kappa shape index (κ1) is 19.0. The van der Waals surface area contributed by atoms with Gasteiger partial charge in [0.05, 0.1) is 10.0 Å². The van der Waals surface area contributed by atoms with Crippen molar-refractivity contribution in [1.29, 1.82) is 0 Å². The molecule has 27 heavy (non-hydrogen) atoms. The third-order valence-corrected chi connectivity index (χ3v) is 5.02. The maximum atomic E-state index is 14.0. The normalized spacial score (nSPS) is 11.6. The van der Waals surface area contributed by atoms with E-state index in [-0.39, 0.29) is 21.6 Å². The zero-order valence-electron chi connectivity index (χ0n) is 14.2. The second-order valence-electron chi connectivity index (χ2n) is 5.96. The van der Waals surface area contributed by atoms with Crippen LogP contribution in [0.2, 0.25) is 10.0 Å². The molecule has 3 aromatic carbocycles. The van der Waals surface area contributed by atoms with Crippen LogP contribution in [0.1, 0.15) is 11.1 Å². The number of hydrogen-bond acceptors (Lipinski definition) is 3. The lowest BCUT2D eigenvalue weighted by molar-refractivity contribution is 0.318. The predicted octanol–water partition coefficient (Wildman–Crippen LogP) is 5.58. The highest BCUT2D eigenvalue weighted by Gasteiger charge is 2.22. The van der Waals surface area contributed by atoms with Gasteiger partial charge in [0.25, 0.3) is 0 Å². The van der Waals surface area contributed by atoms with Crippen molar-refractivity contribution in [3.05, 3.63) is 75.5 Å². The van der Waals surface area contributed by atoms with Crippen LogP contribution in [0.5, 0.6) is 5.75 Å². The van der Waals surface area contributed by atoms with Crippen LogP contribution in [-0.4, -0.2) is 16.1 Å². The van der Waals surface area contributed by atoms with Gasteiger partial charge in [-0.3, -0.25) is 0 Å². The minimum Gasteiger partial charge on any atom is -0.508 e. The molecule has 3 rings (SSSR count). The highest BCUT2D eigenvalue weighted by molar-refractivity contribution is 6.44. The molecule has 138 valence electrons. The van der Waals surface area contributed by atoms with E-state index in [2.05, 4.69) is 5.16 Å². The van der Waals surface area contributed by atoms with E-state index in [0.29, 0.717) is 27.8 Å². The van der Waals surface area contributed by atoms with E-state index in [1.54, 1.807) is 18.2 Å². The fraction of sp³-hybridized carbons (Fsp3) is 0.0500. The average Bonchev–Trinajstić information content (AvgIpc) is 2.66. The molecule has 0 saturated carbocycles. The van der Waals surface area contributed by atoms with Gasteiger partial charge in [0.15, 0.2) is 5.84 Å². The highest BCUT2D eigenvalue weighted by atomic mass is 35.5. The van der Waals surface area contributed by atoms with Crippen LogP contribution in [0.15, 0.2) is 53.7 Å². The van der Waals surface area contributed by atoms with Crippen molar-refractivity contribution in [3.8, 4) is 28.0 Å². The molecule has 0 aliphatic carbocycles. The van der Waals surface area contributed by atoms with Crippen molar-refractivity contribution >= 4 is 29.0 Å². The number of hydrogen-bond donors (Lipinski definition) is 3. The molecule has 0 fully saturated rings. The average molecular weight is 405 g/mol. The molecule has 7 heteroatoms. The molecule has 0 saturated heterocycles. The lowest BCUT2D eigenvalue weighted by Crippen LogP contribution is -2.15. The highest BCUT2D eigenvalue weighted by Crippen LogP contribution is 2.45. The summed E-state index contributed by atoms with van der Waals surface area (Å²) in [4.78, 5) is 0. The second kappa shape index (κ2) is 7.47. The van der Waals surface area contributed by atoms with E-state index in [1.807, 2.05) is 6.92 Å². The molecule has 0 atom stereocenters. The molecule has 0 amide bonds. The summed E-state index contributed by atoms with van der Waals surface area (Å²) in [6.45, 7) is 1.81. The molecule has 0 bridgehead atoms. The van der Waals surface area contributed by atoms with Gasteiger partial charge < -0.3 is 16.0 Å². The zero-order valence-corrected chi connectivity index (χ0v) is 15.7. The topological polar surface area (TPSA) is 78.8 Å². The lowest BCUT2D eigenvalue weighted by atomic mass is 9.88. The van der Waals surface area contributed by atoms with Crippen LogP contribution in [0.4, 0.5) is 4.39 Å². The molecule has 4 nitrogen and oxygen atoms in total. The van der Waals surface area contributed by atoms with E-state index in [0.717, 1.165) is 5.56 Å². The van der Waals surface area contributed by atoms with Gasteiger partial charge in [-0.1, -0.05) is 46.6 Å². The summed E-state index contributed by atoms with van der Waals surface area (Å²) >= 11 is 12.8. The molecule has 4 N–H and O–H groups in total. The van der Waals surface area contributed by atoms with Crippen molar-refractivity contribution < 1.29 is 14.7 Å². The van der Waals surface area contributed by atoms with Crippen molar-refractivity contribution in [2.45, 2.75) is 6.92 Å². The molecule has 0 heterocycles. The summed E-state index contributed by atoms with van der Waals surface area (Å²) in [7, 11) is 0. The van der Waals surface area contributed by atoms with Crippen LogP contribution in [0.25, 0.3) is 22.3 Å². The van der Waals surface area contributed by atoms with Crippen LogP contribution < -0.4 is 5.73 Å². The second-order valence-corrected chi connectivity index (χ2v) is 6.75. The minimum atomic E-state index is -0.441. The largest absolute Gasteiger partial charge is 0.508 e. The first-order valence-corrected chi connectivity index (χ1v) is 8.65. The van der Waals surface area contributed by atoms with Crippen LogP contribution in [0.3, 0.4) is 0 Å². The third-order valence-electron chi connectivity index (χ3n) is 4.23. The van der Waals surface area contributed by atoms with Crippen LogP contribution in [0, 0.1) is 12.7 Å². The van der Waals surface area contributed by atoms with E-state index in [1.165, 1.54) is 30.3 Å². The Kier molecular flexibility index (Phi) is 5.26. The quantitative estimate of drug-likeness (QED) is 0.231. The number of phenolic OH excluding ortho intramolecular Hbond substituents is 1. The van der Waals surface area contributed by atoms with E-state index in [4.69, 9.17) is 28.9 Å². The summed E-state index contributed by atoms with van der Waals surface area (Å²) in [6, 6.07) is 12.1. The number of halogens is 3. The molecular weight excluding hydrogens is 390 g/mol. The summed E-state index contributed by atoms with van der Waals surface area (Å²) in [5, 5.41) is 22.3. The SMILES string of the molecule is Cc1ccc(F)cc1-c1c(/C(N)=N/O)cc(Cl)c(Cl)c1-c1ccc(O)cc1. The Morgan fingerprint density at radius 1 is 1.04 bits per heavy atom. The smallest absolute Gasteiger partial charge is 0.170 e. The predicted molar refractivity (Wildman–Crippen MR) is 106 cm³/mol. The Bertz CT molecular complexity index is 1050. The van der Waals surface area contributed by atoms with Crippen molar-refractivity contribution in [2.24, 2.45) is 10.9 Å². The lowest BCUT2D eigenvalue weighted by Gasteiger charge is -2.19. The Balaban J connectivity index is 2.49. The number of rotatable bonds is 3. The zero-order chi connectivity index (χ0) is 19.7. The van der Waals surface area contributed by atoms with E-state index in [9.17, 15) is 14.7 Å². The van der Waals surface area contributed by atoms with Gasteiger partial charge in [0, 0.05) is 16.7 Å². The van der Waals surface area contributed by atoms with Crippen molar-refractivity contribution in [1.82, 2.24) is 0 Å². The molecular formula is C20H15Cl2FN2O2. The number of oxime groups is 1. The maximum absolute atomic E-state index is 14.0. The number of nitrogens with zero attached hydrogens (tertiary/aromatic N) is 1. The Morgan fingerprint density at radius 2 is 1.70 bits per heavy atom. The van der Waals surface area contributed by atoms with E-state index < -0.39 is 5.82 Å². The van der Waals surface area contributed by atoms with Gasteiger partial charge in [0.1, 0.15) is 11.6 Å². The van der Waals surface area contributed by atoms with Gasteiger partial charge >= 0.3 is 0 Å². The number of aromatic hydroxyl groups is 1. The minimum absolute atomic E-state index is 0.0806. The molecule has 0 aliphatic rings. The summed E-state index contributed by atoms with van der Waals surface area (Å²) in [6.07, 6.45) is 0. The van der Waals surface area contributed by atoms with Gasteiger partial charge in [-0.2, -0.15) is 0 Å². The Morgan fingerprint density at radius 3 is 2.33 bits per heavy atom. The number of nitrogens with two attached hydrogens (primary N) is 1. The maximum Gasteiger partial charge on any atom is 0.170 e. The number of amidine groups is 1. The standard InChI is InChI=1S/C20H15Cl2FN2O2/c1-10-2-5-12(23)8-14(10)18-15(20(24)25-27)9-16(21)19(22)17(18)11-3-6-13(26)7-4-11/h2-9,26-27H,1H3,(H2,24,25). The summed E-state index contributed by atoms with van der Waals surface area (Å²) in [5.74, 6) is -0.548. The third kappa shape index (κ3) is 3.56. The number of aryl methyl sites for hydroxylation is 1. The summed E-state index contributed by atoms with van der Waals surface area (Å²) < 4.78 is 14.0. The monoisotopic (exact) mass is 404 g/mol. The molecule has 0 spiro atoms. The van der Waals surface area contributed by atoms with Crippen LogP contribution >= 0.6 is 23.2 Å². The first-order chi connectivity index (χ1) is 12.8. The fourth-order valence-electron chi connectivity index (χ4n) is 2.92. The Hall–Kier alpha value is -2.76. The van der Waals surface area contributed by atoms with Crippen LogP contribution in [-0.2, 0) is 0 Å². The van der Waals surface area contributed by atoms with E-state index >= 15 is 0 Å².